The number of hydrogen-bond acceptors (Lipinski definition) is 4. The molecule has 1 aliphatic heterocycles. The lowest BCUT2D eigenvalue weighted by Gasteiger charge is -2.31. The van der Waals surface area contributed by atoms with Crippen molar-refractivity contribution in [3.8, 4) is 5.75 Å². The monoisotopic (exact) mass is 320 g/mol. The van der Waals surface area contributed by atoms with Gasteiger partial charge in [0.15, 0.2) is 0 Å². The van der Waals surface area contributed by atoms with Gasteiger partial charge in [0.25, 0.3) is 0 Å². The van der Waals surface area contributed by atoms with Crippen molar-refractivity contribution >= 4 is 0 Å². The van der Waals surface area contributed by atoms with Gasteiger partial charge >= 0.3 is 0 Å². The van der Waals surface area contributed by atoms with E-state index in [1.54, 1.807) is 12.4 Å². The zero-order valence-electron chi connectivity index (χ0n) is 13.6. The first-order valence-electron chi connectivity index (χ1n) is 8.20. The third-order valence-corrected chi connectivity index (χ3v) is 4.45. The van der Waals surface area contributed by atoms with E-state index in [1.165, 1.54) is 11.1 Å². The fourth-order valence-electron chi connectivity index (χ4n) is 3.27. The zero-order chi connectivity index (χ0) is 16.4. The maximum absolute atomic E-state index is 5.89. The molecule has 3 heterocycles. The van der Waals surface area contributed by atoms with Crippen LogP contribution in [0.3, 0.4) is 0 Å². The first-order valence-corrected chi connectivity index (χ1v) is 8.20. The number of rotatable bonds is 4. The van der Waals surface area contributed by atoms with Crippen molar-refractivity contribution in [1.82, 2.24) is 20.3 Å². The number of fused-ring (bicyclic) bond motifs is 1. The highest BCUT2D eigenvalue weighted by atomic mass is 16.5. The third-order valence-electron chi connectivity index (χ3n) is 4.45. The van der Waals surface area contributed by atoms with Crippen LogP contribution in [0.4, 0.5) is 0 Å². The molecular formula is C19H20N4O. The summed E-state index contributed by atoms with van der Waals surface area (Å²) >= 11 is 0. The zero-order valence-corrected chi connectivity index (χ0v) is 13.6. The van der Waals surface area contributed by atoms with E-state index in [0.717, 1.165) is 23.6 Å². The molecule has 122 valence electrons. The maximum atomic E-state index is 5.89. The van der Waals surface area contributed by atoms with Crippen molar-refractivity contribution in [2.75, 3.05) is 6.61 Å². The van der Waals surface area contributed by atoms with Gasteiger partial charge in [0.2, 0.25) is 0 Å². The van der Waals surface area contributed by atoms with Crippen molar-refractivity contribution in [1.29, 1.82) is 0 Å². The second-order valence-corrected chi connectivity index (χ2v) is 6.04. The highest BCUT2D eigenvalue weighted by Gasteiger charge is 2.27. The van der Waals surface area contributed by atoms with Crippen LogP contribution >= 0.6 is 0 Å². The fourth-order valence-corrected chi connectivity index (χ4v) is 3.27. The number of nitrogens with one attached hydrogen (secondary N) is 2. The number of H-pyrrole nitrogens is 1. The second kappa shape index (κ2) is 6.45. The van der Waals surface area contributed by atoms with Gasteiger partial charge in [-0.15, -0.1) is 0 Å². The number of pyridine rings is 1. The fraction of sp³-hybridized carbons (Fsp3) is 0.263. The standard InChI is InChI=1S/C19H20N4O/c1-13-4-2-6-15-16(7-11-24-18(13)15)23-17(19-21-9-10-22-19)14-5-3-8-20-12-14/h2-6,8-10,12,16-17,23H,7,11H2,1H3,(H,21,22)/t16-,17?/m0/s1. The number of aromatic nitrogens is 3. The minimum Gasteiger partial charge on any atom is -0.493 e. The number of aromatic amines is 1. The number of hydrogen-bond donors (Lipinski definition) is 2. The summed E-state index contributed by atoms with van der Waals surface area (Å²) in [5.41, 5.74) is 3.48. The third kappa shape index (κ3) is 2.78. The summed E-state index contributed by atoms with van der Waals surface area (Å²) in [7, 11) is 0. The van der Waals surface area contributed by atoms with Crippen LogP contribution in [-0.4, -0.2) is 21.6 Å². The van der Waals surface area contributed by atoms with Crippen molar-refractivity contribution in [2.45, 2.75) is 25.4 Å². The molecule has 5 nitrogen and oxygen atoms in total. The summed E-state index contributed by atoms with van der Waals surface area (Å²) in [6, 6.07) is 10.5. The quantitative estimate of drug-likeness (QED) is 0.774. The molecule has 0 amide bonds. The molecule has 2 aromatic heterocycles. The second-order valence-electron chi connectivity index (χ2n) is 6.04. The molecule has 5 heteroatoms. The van der Waals surface area contributed by atoms with Gasteiger partial charge in [-0.05, 0) is 24.1 Å². The Bertz CT molecular complexity index is 801. The van der Waals surface area contributed by atoms with Crippen LogP contribution in [0.2, 0.25) is 0 Å². The summed E-state index contributed by atoms with van der Waals surface area (Å²) in [4.78, 5) is 11.9. The summed E-state index contributed by atoms with van der Waals surface area (Å²) < 4.78 is 5.89. The molecule has 2 atom stereocenters. The average molecular weight is 320 g/mol. The van der Waals surface area contributed by atoms with Crippen molar-refractivity contribution < 1.29 is 4.74 Å². The van der Waals surface area contributed by atoms with Crippen LogP contribution in [0.1, 0.15) is 41.0 Å². The minimum atomic E-state index is -0.0369. The lowest BCUT2D eigenvalue weighted by Crippen LogP contribution is -2.32. The highest BCUT2D eigenvalue weighted by molar-refractivity contribution is 5.44. The molecule has 0 fully saturated rings. The van der Waals surface area contributed by atoms with Gasteiger partial charge in [0.1, 0.15) is 11.6 Å². The minimum absolute atomic E-state index is 0.0369. The molecular weight excluding hydrogens is 300 g/mol. The Hall–Kier alpha value is -2.66. The Morgan fingerprint density at radius 1 is 1.25 bits per heavy atom. The van der Waals surface area contributed by atoms with E-state index in [-0.39, 0.29) is 12.1 Å². The normalized spacial score (nSPS) is 17.8. The highest BCUT2D eigenvalue weighted by Crippen LogP contribution is 2.36. The van der Waals surface area contributed by atoms with E-state index in [4.69, 9.17) is 4.74 Å². The van der Waals surface area contributed by atoms with Gasteiger partial charge in [0.05, 0.1) is 12.6 Å². The van der Waals surface area contributed by atoms with Crippen molar-refractivity contribution in [2.24, 2.45) is 0 Å². The molecule has 1 unspecified atom stereocenters. The molecule has 0 spiro atoms. The lowest BCUT2D eigenvalue weighted by atomic mass is 9.96. The number of nitrogens with zero attached hydrogens (tertiary/aromatic N) is 2. The molecule has 2 N–H and O–H groups in total. The molecule has 3 aromatic rings. The van der Waals surface area contributed by atoms with Crippen LogP contribution in [0.25, 0.3) is 0 Å². The lowest BCUT2D eigenvalue weighted by molar-refractivity contribution is 0.245. The summed E-state index contributed by atoms with van der Waals surface area (Å²) in [5.74, 6) is 1.90. The van der Waals surface area contributed by atoms with E-state index in [2.05, 4.69) is 51.5 Å². The van der Waals surface area contributed by atoms with Crippen LogP contribution in [0.15, 0.2) is 55.1 Å². The number of ether oxygens (including phenoxy) is 1. The largest absolute Gasteiger partial charge is 0.493 e. The van der Waals surface area contributed by atoms with E-state index < -0.39 is 0 Å². The van der Waals surface area contributed by atoms with Crippen molar-refractivity contribution in [3.63, 3.8) is 0 Å². The smallest absolute Gasteiger partial charge is 0.127 e. The van der Waals surface area contributed by atoms with Crippen molar-refractivity contribution in [3.05, 3.63) is 77.6 Å². The van der Waals surface area contributed by atoms with E-state index in [0.29, 0.717) is 6.61 Å². The van der Waals surface area contributed by atoms with E-state index in [9.17, 15) is 0 Å². The SMILES string of the molecule is Cc1cccc2c1OCC[C@@H]2NC(c1cccnc1)c1ncc[nH]1. The summed E-state index contributed by atoms with van der Waals surface area (Å²) in [6.45, 7) is 2.81. The Balaban J connectivity index is 1.69. The van der Waals surface area contributed by atoms with E-state index >= 15 is 0 Å². The van der Waals surface area contributed by atoms with Gasteiger partial charge in [-0.25, -0.2) is 4.98 Å². The summed E-state index contributed by atoms with van der Waals surface area (Å²) in [6.07, 6.45) is 8.23. The first-order chi connectivity index (χ1) is 11.8. The van der Waals surface area contributed by atoms with Crippen LogP contribution in [0, 0.1) is 6.92 Å². The Kier molecular flexibility index (Phi) is 4.01. The molecule has 0 radical (unpaired) electrons. The predicted octanol–water partition coefficient (Wildman–Crippen LogP) is 3.32. The number of imidazole rings is 1. The van der Waals surface area contributed by atoms with Gasteiger partial charge < -0.3 is 9.72 Å². The maximum Gasteiger partial charge on any atom is 0.127 e. The van der Waals surface area contributed by atoms with Gasteiger partial charge in [-0.3, -0.25) is 10.3 Å². The molecule has 1 aliphatic rings. The number of para-hydroxylation sites is 1. The van der Waals surface area contributed by atoms with Gasteiger partial charge in [-0.1, -0.05) is 24.3 Å². The Morgan fingerprint density at radius 2 is 2.21 bits per heavy atom. The van der Waals surface area contributed by atoms with Crippen LogP contribution in [-0.2, 0) is 0 Å². The van der Waals surface area contributed by atoms with E-state index in [1.807, 2.05) is 18.5 Å². The Labute approximate surface area is 141 Å². The van der Waals surface area contributed by atoms with Gasteiger partial charge in [-0.2, -0.15) is 0 Å². The molecule has 0 saturated heterocycles. The predicted molar refractivity (Wildman–Crippen MR) is 91.8 cm³/mol. The van der Waals surface area contributed by atoms with Crippen LogP contribution in [0.5, 0.6) is 5.75 Å². The number of aryl methyl sites for hydroxylation is 1. The van der Waals surface area contributed by atoms with Gasteiger partial charge in [0, 0.05) is 42.8 Å². The van der Waals surface area contributed by atoms with Crippen LogP contribution < -0.4 is 10.1 Å². The molecule has 24 heavy (non-hydrogen) atoms. The number of benzene rings is 1. The average Bonchev–Trinajstić information content (AvgIpc) is 3.15. The summed E-state index contributed by atoms with van der Waals surface area (Å²) in [5, 5.41) is 3.74. The first kappa shape index (κ1) is 14.9. The molecule has 0 saturated carbocycles. The molecule has 1 aromatic carbocycles. The molecule has 4 rings (SSSR count). The molecule has 0 bridgehead atoms. The Morgan fingerprint density at radius 3 is 3.00 bits per heavy atom. The topological polar surface area (TPSA) is 62.8 Å². The molecule has 0 aliphatic carbocycles.